The summed E-state index contributed by atoms with van der Waals surface area (Å²) in [5, 5.41) is 9.85. The number of aryl methyl sites for hydroxylation is 2. The molecular weight excluding hydrogens is 392 g/mol. The van der Waals surface area contributed by atoms with Crippen molar-refractivity contribution < 1.29 is 18.3 Å². The molecule has 1 atom stereocenters. The van der Waals surface area contributed by atoms with Gasteiger partial charge in [0, 0.05) is 18.8 Å². The van der Waals surface area contributed by atoms with Gasteiger partial charge in [-0.1, -0.05) is 11.6 Å². The van der Waals surface area contributed by atoms with Gasteiger partial charge in [-0.3, -0.25) is 14.3 Å². The predicted octanol–water partition coefficient (Wildman–Crippen LogP) is 1.66. The van der Waals surface area contributed by atoms with Gasteiger partial charge in [0.05, 0.1) is 23.5 Å². The highest BCUT2D eigenvalue weighted by Crippen LogP contribution is 2.41. The molecule has 0 saturated heterocycles. The van der Waals surface area contributed by atoms with E-state index in [-0.39, 0.29) is 34.8 Å². The Labute approximate surface area is 171 Å². The van der Waals surface area contributed by atoms with E-state index < -0.39 is 15.9 Å². The standard InChI is InChI=1S/C21H28N2O5S/c1-4-29(27,28)22-18-10-9-17(14-5-7-16(24)8-6-14)19(20(18)25)15-11-13(2)21(26)23(3)12-15/h9-12,14,16,19,22,24H,4-8H2,1-3H3/t14-,16+,19?. The maximum Gasteiger partial charge on any atom is 0.253 e. The van der Waals surface area contributed by atoms with E-state index in [0.29, 0.717) is 24.0 Å². The van der Waals surface area contributed by atoms with Gasteiger partial charge in [-0.05, 0) is 63.2 Å². The summed E-state index contributed by atoms with van der Waals surface area (Å²) in [6.45, 7) is 3.22. The molecule has 0 aromatic carbocycles. The number of aromatic nitrogens is 1. The average Bonchev–Trinajstić information content (AvgIpc) is 2.68. The third-order valence-electron chi connectivity index (χ3n) is 5.83. The summed E-state index contributed by atoms with van der Waals surface area (Å²) >= 11 is 0. The maximum atomic E-state index is 13.4. The van der Waals surface area contributed by atoms with Crippen LogP contribution < -0.4 is 10.3 Å². The molecule has 0 amide bonds. The average molecular weight is 421 g/mol. The molecule has 158 valence electrons. The Morgan fingerprint density at radius 1 is 1.17 bits per heavy atom. The molecule has 8 heteroatoms. The number of carbonyl (C=O) groups excluding carboxylic acids is 1. The lowest BCUT2D eigenvalue weighted by Gasteiger charge is -2.33. The van der Waals surface area contributed by atoms with Crippen LogP contribution in [0.5, 0.6) is 0 Å². The summed E-state index contributed by atoms with van der Waals surface area (Å²) < 4.78 is 27.9. The second-order valence-corrected chi connectivity index (χ2v) is 9.94. The SMILES string of the molecule is CCS(=O)(=O)NC1=CC=C([C@H]2CC[C@@H](O)CC2)C(c2cc(C)c(=O)n(C)c2)C1=O. The molecule has 29 heavy (non-hydrogen) atoms. The first-order chi connectivity index (χ1) is 13.6. The van der Waals surface area contributed by atoms with Gasteiger partial charge in [0.15, 0.2) is 5.78 Å². The number of aliphatic hydroxyl groups excluding tert-OH is 1. The van der Waals surface area contributed by atoms with Crippen molar-refractivity contribution >= 4 is 15.8 Å². The van der Waals surface area contributed by atoms with Gasteiger partial charge in [0.25, 0.3) is 5.56 Å². The normalized spacial score (nSPS) is 25.4. The van der Waals surface area contributed by atoms with E-state index in [9.17, 15) is 23.1 Å². The molecule has 1 fully saturated rings. The number of nitrogens with one attached hydrogen (secondary N) is 1. The molecule has 1 unspecified atom stereocenters. The van der Waals surface area contributed by atoms with Crippen molar-refractivity contribution in [3.05, 3.63) is 57.2 Å². The van der Waals surface area contributed by atoms with Crippen molar-refractivity contribution in [3.8, 4) is 0 Å². The second-order valence-electron chi connectivity index (χ2n) is 7.93. The van der Waals surface area contributed by atoms with Crippen molar-refractivity contribution in [1.29, 1.82) is 0 Å². The van der Waals surface area contributed by atoms with Crippen LogP contribution in [0.25, 0.3) is 0 Å². The van der Waals surface area contributed by atoms with Gasteiger partial charge in [-0.2, -0.15) is 0 Å². The van der Waals surface area contributed by atoms with Gasteiger partial charge < -0.3 is 9.67 Å². The molecule has 0 radical (unpaired) electrons. The molecule has 0 spiro atoms. The number of nitrogens with zero attached hydrogens (tertiary/aromatic N) is 1. The fourth-order valence-electron chi connectivity index (χ4n) is 4.18. The Kier molecular flexibility index (Phi) is 6.14. The number of hydrogen-bond acceptors (Lipinski definition) is 5. The highest BCUT2D eigenvalue weighted by Gasteiger charge is 2.36. The van der Waals surface area contributed by atoms with E-state index in [4.69, 9.17) is 0 Å². The molecule has 0 aliphatic heterocycles. The van der Waals surface area contributed by atoms with E-state index in [1.165, 1.54) is 11.5 Å². The summed E-state index contributed by atoms with van der Waals surface area (Å²) in [7, 11) is -1.95. The van der Waals surface area contributed by atoms with Crippen LogP contribution in [0.3, 0.4) is 0 Å². The molecule has 2 N–H and O–H groups in total. The third kappa shape index (κ3) is 4.53. The van der Waals surface area contributed by atoms with Crippen LogP contribution in [0.4, 0.5) is 0 Å². The lowest BCUT2D eigenvalue weighted by atomic mass is 9.72. The quantitative estimate of drug-likeness (QED) is 0.754. The van der Waals surface area contributed by atoms with Crippen molar-refractivity contribution in [2.75, 3.05) is 5.75 Å². The second kappa shape index (κ2) is 8.28. The largest absolute Gasteiger partial charge is 0.393 e. The minimum absolute atomic E-state index is 0.0444. The lowest BCUT2D eigenvalue weighted by Crippen LogP contribution is -2.35. The molecule has 7 nitrogen and oxygen atoms in total. The van der Waals surface area contributed by atoms with E-state index in [1.807, 2.05) is 6.08 Å². The van der Waals surface area contributed by atoms with Crippen molar-refractivity contribution in [2.45, 2.75) is 51.6 Å². The van der Waals surface area contributed by atoms with E-state index in [2.05, 4.69) is 4.72 Å². The Morgan fingerprint density at radius 3 is 2.41 bits per heavy atom. The number of rotatable bonds is 5. The molecule has 0 bridgehead atoms. The number of aliphatic hydroxyl groups is 1. The highest BCUT2D eigenvalue weighted by atomic mass is 32.2. The van der Waals surface area contributed by atoms with Gasteiger partial charge in [-0.15, -0.1) is 0 Å². The van der Waals surface area contributed by atoms with E-state index >= 15 is 0 Å². The summed E-state index contributed by atoms with van der Waals surface area (Å²) in [6, 6.07) is 1.72. The number of hydrogen-bond donors (Lipinski definition) is 2. The van der Waals surface area contributed by atoms with Gasteiger partial charge in [0.2, 0.25) is 10.0 Å². The molecule has 1 heterocycles. The molecule has 1 saturated carbocycles. The lowest BCUT2D eigenvalue weighted by molar-refractivity contribution is -0.116. The fraction of sp³-hybridized carbons (Fsp3) is 0.524. The highest BCUT2D eigenvalue weighted by molar-refractivity contribution is 7.89. The van der Waals surface area contributed by atoms with E-state index in [1.54, 1.807) is 32.3 Å². The van der Waals surface area contributed by atoms with Gasteiger partial charge in [0.1, 0.15) is 0 Å². The van der Waals surface area contributed by atoms with Crippen molar-refractivity contribution in [2.24, 2.45) is 13.0 Å². The zero-order chi connectivity index (χ0) is 21.3. The third-order valence-corrected chi connectivity index (χ3v) is 7.12. The molecule has 2 aliphatic carbocycles. The summed E-state index contributed by atoms with van der Waals surface area (Å²) in [6.07, 6.45) is 7.61. The number of allylic oxidation sites excluding steroid dienone is 4. The Hall–Kier alpha value is -2.19. The first kappa shape index (κ1) is 21.5. The van der Waals surface area contributed by atoms with Crippen LogP contribution in [-0.2, 0) is 21.9 Å². The first-order valence-corrected chi connectivity index (χ1v) is 11.6. The molecule has 3 rings (SSSR count). The number of pyridine rings is 1. The van der Waals surface area contributed by atoms with Crippen LogP contribution in [0.1, 0.15) is 49.7 Å². The monoisotopic (exact) mass is 420 g/mol. The minimum atomic E-state index is -3.59. The minimum Gasteiger partial charge on any atom is -0.393 e. The van der Waals surface area contributed by atoms with Crippen molar-refractivity contribution in [1.82, 2.24) is 9.29 Å². The number of Topliss-reactive ketones (excluding diaryl/α,β-unsaturated/α-hetero) is 1. The summed E-state index contributed by atoms with van der Waals surface area (Å²) in [5.41, 5.74) is 2.03. The van der Waals surface area contributed by atoms with Crippen LogP contribution in [0.2, 0.25) is 0 Å². The predicted molar refractivity (Wildman–Crippen MR) is 111 cm³/mol. The molecule has 2 aliphatic rings. The van der Waals surface area contributed by atoms with Gasteiger partial charge >= 0.3 is 0 Å². The smallest absolute Gasteiger partial charge is 0.253 e. The van der Waals surface area contributed by atoms with Gasteiger partial charge in [-0.25, -0.2) is 8.42 Å². The Morgan fingerprint density at radius 2 is 1.83 bits per heavy atom. The zero-order valence-electron chi connectivity index (χ0n) is 17.0. The summed E-state index contributed by atoms with van der Waals surface area (Å²) in [4.78, 5) is 25.5. The topological polar surface area (TPSA) is 105 Å². The van der Waals surface area contributed by atoms with Crippen LogP contribution >= 0.6 is 0 Å². The fourth-order valence-corrected chi connectivity index (χ4v) is 4.83. The number of carbonyl (C=O) groups is 1. The van der Waals surface area contributed by atoms with Crippen LogP contribution in [-0.4, -0.2) is 35.7 Å². The first-order valence-electron chi connectivity index (χ1n) is 9.94. The molecule has 1 aromatic rings. The van der Waals surface area contributed by atoms with Crippen molar-refractivity contribution in [3.63, 3.8) is 0 Å². The number of sulfonamides is 1. The van der Waals surface area contributed by atoms with E-state index in [0.717, 1.165) is 18.4 Å². The maximum absolute atomic E-state index is 13.4. The molecule has 1 aromatic heterocycles. The summed E-state index contributed by atoms with van der Waals surface area (Å²) in [5.74, 6) is -0.965. The molecular formula is C21H28N2O5S. The van der Waals surface area contributed by atoms with Crippen LogP contribution in [0, 0.1) is 12.8 Å². The number of ketones is 1. The Balaban J connectivity index is 2.06. The van der Waals surface area contributed by atoms with Crippen LogP contribution in [0.15, 0.2) is 40.5 Å². The Bertz CT molecular complexity index is 1000. The zero-order valence-corrected chi connectivity index (χ0v) is 17.8.